The molecule has 1 heterocycles. The van der Waals surface area contributed by atoms with Crippen molar-refractivity contribution in [1.29, 1.82) is 0 Å². The first kappa shape index (κ1) is 12.3. The molecule has 102 valence electrons. The Labute approximate surface area is 110 Å². The van der Waals surface area contributed by atoms with Crippen molar-refractivity contribution in [1.82, 2.24) is 4.90 Å². The Kier molecular flexibility index (Phi) is 3.46. The van der Waals surface area contributed by atoms with Crippen LogP contribution in [0, 0.1) is 17.8 Å². The second-order valence-corrected chi connectivity index (χ2v) is 6.26. The Bertz CT molecular complexity index is 331. The minimum atomic E-state index is 0.273. The van der Waals surface area contributed by atoms with Gasteiger partial charge in [-0.1, -0.05) is 6.42 Å². The zero-order valence-electron chi connectivity index (χ0n) is 11.3. The summed E-state index contributed by atoms with van der Waals surface area (Å²) in [5.41, 5.74) is 6.11. The summed E-state index contributed by atoms with van der Waals surface area (Å²) in [6.45, 7) is 5.57. The van der Waals surface area contributed by atoms with Gasteiger partial charge in [0.25, 0.3) is 0 Å². The second kappa shape index (κ2) is 5.08. The Morgan fingerprint density at radius 2 is 2.28 bits per heavy atom. The van der Waals surface area contributed by atoms with Crippen LogP contribution in [0.5, 0.6) is 0 Å². The van der Waals surface area contributed by atoms with Crippen molar-refractivity contribution in [2.45, 2.75) is 38.7 Å². The molecular formula is C14H25N3O. The topological polar surface area (TPSA) is 50.8 Å². The standard InChI is InChI=1S/C14H25N3O/c1-10-9-17(4-5-18-10)14(15)16-8-13-7-11-2-3-12(13)6-11/h10-13H,2-9H2,1H3,(H2,15,16). The van der Waals surface area contributed by atoms with Crippen LogP contribution in [0.15, 0.2) is 4.99 Å². The number of hydrogen-bond donors (Lipinski definition) is 1. The molecule has 3 rings (SSSR count). The maximum Gasteiger partial charge on any atom is 0.191 e. The summed E-state index contributed by atoms with van der Waals surface area (Å²) in [5.74, 6) is 3.48. The van der Waals surface area contributed by atoms with Crippen molar-refractivity contribution in [3.05, 3.63) is 0 Å². The predicted molar refractivity (Wildman–Crippen MR) is 72.4 cm³/mol. The van der Waals surface area contributed by atoms with Gasteiger partial charge in [-0.3, -0.25) is 4.99 Å². The molecular weight excluding hydrogens is 226 g/mol. The molecule has 0 spiro atoms. The SMILES string of the molecule is CC1CN(C(N)=NCC2CC3CCC2C3)CCO1. The summed E-state index contributed by atoms with van der Waals surface area (Å²) in [4.78, 5) is 6.82. The molecule has 4 atom stereocenters. The van der Waals surface area contributed by atoms with Crippen molar-refractivity contribution in [2.24, 2.45) is 28.5 Å². The zero-order chi connectivity index (χ0) is 12.5. The first-order valence-corrected chi connectivity index (χ1v) is 7.39. The Morgan fingerprint density at radius 1 is 1.39 bits per heavy atom. The van der Waals surface area contributed by atoms with Crippen LogP contribution in [0.4, 0.5) is 0 Å². The number of rotatable bonds is 2. The molecule has 2 bridgehead atoms. The van der Waals surface area contributed by atoms with E-state index >= 15 is 0 Å². The van der Waals surface area contributed by atoms with E-state index < -0.39 is 0 Å². The second-order valence-electron chi connectivity index (χ2n) is 6.26. The molecule has 3 aliphatic rings. The predicted octanol–water partition coefficient (Wildman–Crippen LogP) is 1.46. The Morgan fingerprint density at radius 3 is 2.94 bits per heavy atom. The number of hydrogen-bond acceptors (Lipinski definition) is 2. The summed E-state index contributed by atoms with van der Waals surface area (Å²) >= 11 is 0. The van der Waals surface area contributed by atoms with Gasteiger partial charge in [0.15, 0.2) is 5.96 Å². The molecule has 4 nitrogen and oxygen atoms in total. The molecule has 18 heavy (non-hydrogen) atoms. The van der Waals surface area contributed by atoms with E-state index in [9.17, 15) is 0 Å². The van der Waals surface area contributed by atoms with Gasteiger partial charge >= 0.3 is 0 Å². The molecule has 1 saturated heterocycles. The minimum Gasteiger partial charge on any atom is -0.375 e. The average Bonchev–Trinajstić information content (AvgIpc) is 2.98. The van der Waals surface area contributed by atoms with Crippen molar-refractivity contribution >= 4 is 5.96 Å². The van der Waals surface area contributed by atoms with Gasteiger partial charge in [-0.2, -0.15) is 0 Å². The van der Waals surface area contributed by atoms with E-state index in [2.05, 4.69) is 16.8 Å². The van der Waals surface area contributed by atoms with Gasteiger partial charge in [-0.05, 0) is 43.9 Å². The number of ether oxygens (including phenoxy) is 1. The molecule has 0 aromatic heterocycles. The van der Waals surface area contributed by atoms with Crippen LogP contribution in [0.25, 0.3) is 0 Å². The maximum absolute atomic E-state index is 6.11. The summed E-state index contributed by atoms with van der Waals surface area (Å²) < 4.78 is 5.52. The summed E-state index contributed by atoms with van der Waals surface area (Å²) in [7, 11) is 0. The largest absolute Gasteiger partial charge is 0.375 e. The highest BCUT2D eigenvalue weighted by atomic mass is 16.5. The van der Waals surface area contributed by atoms with E-state index in [1.807, 2.05) is 0 Å². The molecule has 0 amide bonds. The molecule has 4 unspecified atom stereocenters. The van der Waals surface area contributed by atoms with Gasteiger partial charge < -0.3 is 15.4 Å². The number of morpholine rings is 1. The number of guanidine groups is 1. The molecule has 4 heteroatoms. The van der Waals surface area contributed by atoms with Crippen LogP contribution in [0.2, 0.25) is 0 Å². The summed E-state index contributed by atoms with van der Waals surface area (Å²) in [6, 6.07) is 0. The Balaban J connectivity index is 1.52. The number of nitrogens with zero attached hydrogens (tertiary/aromatic N) is 2. The van der Waals surface area contributed by atoms with Crippen LogP contribution >= 0.6 is 0 Å². The number of aliphatic imine (C=N–C) groups is 1. The highest BCUT2D eigenvalue weighted by molar-refractivity contribution is 5.78. The van der Waals surface area contributed by atoms with Crippen LogP contribution in [-0.2, 0) is 4.74 Å². The first-order chi connectivity index (χ1) is 8.72. The normalized spacial score (nSPS) is 40.5. The Hall–Kier alpha value is -0.770. The minimum absolute atomic E-state index is 0.273. The molecule has 3 fully saturated rings. The third-order valence-corrected chi connectivity index (χ3v) is 4.94. The van der Waals surface area contributed by atoms with Gasteiger partial charge in [-0.15, -0.1) is 0 Å². The highest BCUT2D eigenvalue weighted by Gasteiger charge is 2.39. The van der Waals surface area contributed by atoms with Crippen molar-refractivity contribution in [2.75, 3.05) is 26.2 Å². The van der Waals surface area contributed by atoms with Gasteiger partial charge in [0.05, 0.1) is 12.7 Å². The monoisotopic (exact) mass is 251 g/mol. The smallest absolute Gasteiger partial charge is 0.191 e. The molecule has 2 saturated carbocycles. The van der Waals surface area contributed by atoms with E-state index in [-0.39, 0.29) is 6.10 Å². The van der Waals surface area contributed by atoms with Gasteiger partial charge in [0, 0.05) is 19.6 Å². The fourth-order valence-corrected chi connectivity index (χ4v) is 3.94. The van der Waals surface area contributed by atoms with Crippen LogP contribution < -0.4 is 5.73 Å². The third kappa shape index (κ3) is 2.48. The van der Waals surface area contributed by atoms with E-state index in [1.54, 1.807) is 0 Å². The van der Waals surface area contributed by atoms with Crippen LogP contribution in [-0.4, -0.2) is 43.2 Å². The molecule has 0 aromatic carbocycles. The average molecular weight is 251 g/mol. The molecule has 2 aliphatic carbocycles. The van der Waals surface area contributed by atoms with Crippen molar-refractivity contribution in [3.63, 3.8) is 0 Å². The fourth-order valence-electron chi connectivity index (χ4n) is 3.94. The lowest BCUT2D eigenvalue weighted by Crippen LogP contribution is -2.48. The lowest BCUT2D eigenvalue weighted by molar-refractivity contribution is 0.00526. The van der Waals surface area contributed by atoms with Gasteiger partial charge in [0.2, 0.25) is 0 Å². The van der Waals surface area contributed by atoms with Gasteiger partial charge in [0.1, 0.15) is 0 Å². The van der Waals surface area contributed by atoms with Crippen LogP contribution in [0.1, 0.15) is 32.6 Å². The van der Waals surface area contributed by atoms with Crippen molar-refractivity contribution < 1.29 is 4.74 Å². The van der Waals surface area contributed by atoms with E-state index in [4.69, 9.17) is 10.5 Å². The molecule has 0 aromatic rings. The quantitative estimate of drug-likeness (QED) is 0.597. The van der Waals surface area contributed by atoms with Crippen LogP contribution in [0.3, 0.4) is 0 Å². The van der Waals surface area contributed by atoms with Gasteiger partial charge in [-0.25, -0.2) is 0 Å². The third-order valence-electron chi connectivity index (χ3n) is 4.94. The molecule has 2 N–H and O–H groups in total. The zero-order valence-corrected chi connectivity index (χ0v) is 11.3. The van der Waals surface area contributed by atoms with E-state index in [1.165, 1.54) is 25.7 Å². The van der Waals surface area contributed by atoms with Crippen molar-refractivity contribution in [3.8, 4) is 0 Å². The summed E-state index contributed by atoms with van der Waals surface area (Å²) in [6.07, 6.45) is 6.01. The fraction of sp³-hybridized carbons (Fsp3) is 0.929. The lowest BCUT2D eigenvalue weighted by atomic mass is 9.89. The number of fused-ring (bicyclic) bond motifs is 2. The number of nitrogens with two attached hydrogens (primary N) is 1. The summed E-state index contributed by atoms with van der Waals surface area (Å²) in [5, 5.41) is 0. The lowest BCUT2D eigenvalue weighted by Gasteiger charge is -2.32. The maximum atomic E-state index is 6.11. The first-order valence-electron chi connectivity index (χ1n) is 7.39. The molecule has 1 aliphatic heterocycles. The molecule has 0 radical (unpaired) electrons. The highest BCUT2D eigenvalue weighted by Crippen LogP contribution is 2.48. The van der Waals surface area contributed by atoms with E-state index in [0.29, 0.717) is 0 Å². The van der Waals surface area contributed by atoms with E-state index in [0.717, 1.165) is 50.0 Å².